The third-order valence-electron chi connectivity index (χ3n) is 6.21. The molecule has 0 saturated heterocycles. The summed E-state index contributed by atoms with van der Waals surface area (Å²) in [6, 6.07) is 9.57. The fraction of sp³-hybridized carbons (Fsp3) is 0.333. The minimum atomic E-state index is -5.03. The summed E-state index contributed by atoms with van der Waals surface area (Å²) in [6.45, 7) is 6.37. The van der Waals surface area contributed by atoms with Crippen LogP contribution in [0, 0.1) is 0 Å². The molecule has 1 N–H and O–H groups in total. The topological polar surface area (TPSA) is 186 Å². The van der Waals surface area contributed by atoms with Gasteiger partial charge in [-0.1, -0.05) is 80.6 Å². The van der Waals surface area contributed by atoms with E-state index in [2.05, 4.69) is 40.8 Å². The molecule has 1 aliphatic rings. The van der Waals surface area contributed by atoms with Crippen LogP contribution in [0.3, 0.4) is 0 Å². The Morgan fingerprint density at radius 1 is 0.889 bits per heavy atom. The van der Waals surface area contributed by atoms with E-state index in [9.17, 15) is 22.6 Å². The van der Waals surface area contributed by atoms with Crippen molar-refractivity contribution in [2.75, 3.05) is 0 Å². The third kappa shape index (κ3) is 5.02. The number of hydrogen-bond donors (Lipinski definition) is 1. The van der Waals surface area contributed by atoms with Crippen molar-refractivity contribution in [1.82, 2.24) is 0 Å². The Kier molecular flexibility index (Phi) is 7.66. The Balaban J connectivity index is 2.21. The average molecular weight is 509 g/mol. The SMILES string of the molecule is CCCCCC(C)(C)c1ccc(-c2ccc3c(c2S(=O)(=O)O)C(=O)C(N=[N+]=[N-])=C(N=[N+]=[N-])C3=O)cc1. The van der Waals surface area contributed by atoms with Crippen molar-refractivity contribution in [1.29, 1.82) is 0 Å². The van der Waals surface area contributed by atoms with Crippen LogP contribution in [0.15, 0.2) is 62.9 Å². The molecule has 0 amide bonds. The number of rotatable bonds is 9. The second-order valence-electron chi connectivity index (χ2n) is 8.99. The molecule has 0 unspecified atom stereocenters. The van der Waals surface area contributed by atoms with Crippen LogP contribution in [-0.2, 0) is 15.5 Å². The third-order valence-corrected chi connectivity index (χ3v) is 7.15. The van der Waals surface area contributed by atoms with Crippen LogP contribution < -0.4 is 0 Å². The molecule has 2 aromatic rings. The predicted molar refractivity (Wildman–Crippen MR) is 133 cm³/mol. The van der Waals surface area contributed by atoms with Crippen molar-refractivity contribution in [2.45, 2.75) is 56.8 Å². The Hall–Kier alpha value is -3.95. The number of unbranched alkanes of at least 4 members (excludes halogenated alkanes) is 2. The van der Waals surface area contributed by atoms with Crippen molar-refractivity contribution in [3.8, 4) is 11.1 Å². The summed E-state index contributed by atoms with van der Waals surface area (Å²) in [7, 11) is -5.03. The van der Waals surface area contributed by atoms with Crippen molar-refractivity contribution in [3.05, 3.63) is 85.4 Å². The highest BCUT2D eigenvalue weighted by Gasteiger charge is 2.37. The van der Waals surface area contributed by atoms with Gasteiger partial charge in [-0.05, 0) is 40.1 Å². The molecule has 186 valence electrons. The van der Waals surface area contributed by atoms with E-state index in [4.69, 9.17) is 11.1 Å². The van der Waals surface area contributed by atoms with Gasteiger partial charge in [0.05, 0.1) is 17.0 Å². The van der Waals surface area contributed by atoms with Crippen molar-refractivity contribution >= 4 is 21.7 Å². The number of hydrogen-bond acceptors (Lipinski definition) is 6. The molecule has 11 nitrogen and oxygen atoms in total. The van der Waals surface area contributed by atoms with E-state index < -0.39 is 49.1 Å². The van der Waals surface area contributed by atoms with Gasteiger partial charge < -0.3 is 0 Å². The first kappa shape index (κ1) is 26.7. The molecular formula is C24H24N6O5S. The molecule has 36 heavy (non-hydrogen) atoms. The summed E-state index contributed by atoms with van der Waals surface area (Å²) >= 11 is 0. The van der Waals surface area contributed by atoms with E-state index in [1.165, 1.54) is 12.1 Å². The molecule has 2 aromatic carbocycles. The summed E-state index contributed by atoms with van der Waals surface area (Å²) in [6.07, 6.45) is 4.26. The van der Waals surface area contributed by atoms with E-state index in [1.54, 1.807) is 12.1 Å². The van der Waals surface area contributed by atoms with Gasteiger partial charge in [-0.15, -0.1) is 0 Å². The summed E-state index contributed by atoms with van der Waals surface area (Å²) in [5, 5.41) is 6.32. The number of Topliss-reactive ketones (excluding diaryl/α,β-unsaturated/α-hetero) is 2. The fourth-order valence-corrected chi connectivity index (χ4v) is 5.22. The largest absolute Gasteiger partial charge is 0.295 e. The fourth-order valence-electron chi connectivity index (χ4n) is 4.29. The van der Waals surface area contributed by atoms with E-state index in [0.717, 1.165) is 31.2 Å². The van der Waals surface area contributed by atoms with E-state index in [1.807, 2.05) is 12.1 Å². The van der Waals surface area contributed by atoms with Crippen LogP contribution in [0.1, 0.15) is 72.7 Å². The summed E-state index contributed by atoms with van der Waals surface area (Å²) < 4.78 is 35.1. The molecule has 0 bridgehead atoms. The number of carbonyl (C=O) groups excluding carboxylic acids is 2. The van der Waals surface area contributed by atoms with Crippen LogP contribution >= 0.6 is 0 Å². The first-order valence-electron chi connectivity index (χ1n) is 11.2. The Labute approximate surface area is 207 Å². The number of carbonyl (C=O) groups is 2. The maximum Gasteiger partial charge on any atom is 0.295 e. The highest BCUT2D eigenvalue weighted by molar-refractivity contribution is 7.86. The van der Waals surface area contributed by atoms with Gasteiger partial charge in [-0.25, -0.2) is 0 Å². The zero-order valence-corrected chi connectivity index (χ0v) is 20.8. The van der Waals surface area contributed by atoms with Gasteiger partial charge in [0.2, 0.25) is 0 Å². The zero-order chi connectivity index (χ0) is 26.7. The predicted octanol–water partition coefficient (Wildman–Crippen LogP) is 6.67. The van der Waals surface area contributed by atoms with Gasteiger partial charge in [0, 0.05) is 21.0 Å². The molecule has 3 rings (SSSR count). The van der Waals surface area contributed by atoms with E-state index in [-0.39, 0.29) is 11.0 Å². The molecule has 0 radical (unpaired) electrons. The summed E-state index contributed by atoms with van der Waals surface area (Å²) in [5.41, 5.74) is 16.2. The number of azide groups is 2. The van der Waals surface area contributed by atoms with Crippen LogP contribution in [0.5, 0.6) is 0 Å². The molecule has 0 aliphatic heterocycles. The van der Waals surface area contributed by atoms with Crippen LogP contribution in [0.2, 0.25) is 0 Å². The maximum atomic E-state index is 13.2. The van der Waals surface area contributed by atoms with Crippen LogP contribution in [0.4, 0.5) is 0 Å². The van der Waals surface area contributed by atoms with Gasteiger partial charge in [-0.2, -0.15) is 8.42 Å². The second-order valence-corrected chi connectivity index (χ2v) is 10.4. The monoisotopic (exact) mass is 508 g/mol. The molecule has 0 atom stereocenters. The lowest BCUT2D eigenvalue weighted by molar-refractivity contribution is 0.0970. The van der Waals surface area contributed by atoms with Crippen LogP contribution in [-0.4, -0.2) is 24.5 Å². The molecule has 0 aromatic heterocycles. The van der Waals surface area contributed by atoms with Gasteiger partial charge in [0.15, 0.2) is 11.6 Å². The molecule has 1 aliphatic carbocycles. The van der Waals surface area contributed by atoms with Crippen molar-refractivity contribution in [3.63, 3.8) is 0 Å². The van der Waals surface area contributed by atoms with Gasteiger partial charge in [-0.3, -0.25) is 14.1 Å². The lowest BCUT2D eigenvalue weighted by Crippen LogP contribution is -2.24. The minimum absolute atomic E-state index is 0.0136. The lowest BCUT2D eigenvalue weighted by atomic mass is 9.79. The summed E-state index contributed by atoms with van der Waals surface area (Å²) in [4.78, 5) is 30.2. The van der Waals surface area contributed by atoms with Crippen molar-refractivity contribution < 1.29 is 22.6 Å². The minimum Gasteiger partial charge on any atom is -0.289 e. The number of benzene rings is 2. The smallest absolute Gasteiger partial charge is 0.289 e. The van der Waals surface area contributed by atoms with E-state index in [0.29, 0.717) is 5.56 Å². The van der Waals surface area contributed by atoms with Crippen LogP contribution in [0.25, 0.3) is 32.0 Å². The molecule has 0 saturated carbocycles. The normalized spacial score (nSPS) is 13.7. The Morgan fingerprint density at radius 2 is 1.44 bits per heavy atom. The van der Waals surface area contributed by atoms with Gasteiger partial charge >= 0.3 is 0 Å². The maximum absolute atomic E-state index is 13.2. The molecule has 0 spiro atoms. The summed E-state index contributed by atoms with van der Waals surface area (Å²) in [5.74, 6) is -2.17. The molecular weight excluding hydrogens is 484 g/mol. The molecule has 0 heterocycles. The standard InChI is InChI=1S/C24H24N6O5S/c1-4-5-6-13-24(2,3)15-9-7-14(8-10-15)16-11-12-17-18(23(16)36(33,34)35)22(32)20(28-30-26)19(21(17)31)27-29-25/h7-12H,4-6,13H2,1-3H3,(H,33,34,35). The number of ketones is 2. The van der Waals surface area contributed by atoms with E-state index >= 15 is 0 Å². The Bertz CT molecular complexity index is 1480. The first-order chi connectivity index (χ1) is 17.0. The van der Waals surface area contributed by atoms with Gasteiger partial charge in [0.1, 0.15) is 4.90 Å². The van der Waals surface area contributed by atoms with Gasteiger partial charge in [0.25, 0.3) is 10.1 Å². The number of allylic oxidation sites excluding steroid dienone is 2. The Morgan fingerprint density at radius 3 is 1.97 bits per heavy atom. The second kappa shape index (κ2) is 10.3. The average Bonchev–Trinajstić information content (AvgIpc) is 2.83. The highest BCUT2D eigenvalue weighted by atomic mass is 32.2. The number of fused-ring (bicyclic) bond motifs is 1. The number of nitrogens with zero attached hydrogens (tertiary/aromatic N) is 6. The zero-order valence-electron chi connectivity index (χ0n) is 20.0. The molecule has 0 fully saturated rings. The van der Waals surface area contributed by atoms with Crippen molar-refractivity contribution in [2.24, 2.45) is 10.2 Å². The first-order valence-corrected chi connectivity index (χ1v) is 12.6. The lowest BCUT2D eigenvalue weighted by Gasteiger charge is -2.26. The quantitative estimate of drug-likeness (QED) is 0.130. The molecule has 12 heteroatoms. The highest BCUT2D eigenvalue weighted by Crippen LogP contribution is 2.39.